The molecule has 0 saturated carbocycles. The zero-order valence-corrected chi connectivity index (χ0v) is 20.2. The highest BCUT2D eigenvalue weighted by molar-refractivity contribution is 7.99. The van der Waals surface area contributed by atoms with Gasteiger partial charge in [-0.15, -0.1) is 10.2 Å². The van der Waals surface area contributed by atoms with Crippen LogP contribution in [0.15, 0.2) is 63.5 Å². The lowest BCUT2D eigenvalue weighted by Gasteiger charge is -2.31. The van der Waals surface area contributed by atoms with E-state index in [4.69, 9.17) is 0 Å². The monoisotopic (exact) mass is 498 g/mol. The lowest BCUT2D eigenvalue weighted by molar-refractivity contribution is -0.388. The summed E-state index contributed by atoms with van der Waals surface area (Å²) in [7, 11) is -1.90. The van der Waals surface area contributed by atoms with Crippen molar-refractivity contribution < 1.29 is 13.3 Å². The molecule has 0 bridgehead atoms. The molecule has 4 aromatic rings. The van der Waals surface area contributed by atoms with E-state index in [0.29, 0.717) is 41.9 Å². The van der Waals surface area contributed by atoms with Crippen LogP contribution in [0.3, 0.4) is 0 Å². The maximum absolute atomic E-state index is 13.1. The van der Waals surface area contributed by atoms with Crippen molar-refractivity contribution in [1.82, 2.24) is 23.8 Å². The molecule has 0 radical (unpaired) electrons. The number of piperazine rings is 1. The number of rotatable bonds is 5. The molecule has 0 atom stereocenters. The molecule has 1 saturated heterocycles. The highest BCUT2D eigenvalue weighted by atomic mass is 32.2. The van der Waals surface area contributed by atoms with Crippen LogP contribution in [0.25, 0.3) is 16.6 Å². The van der Waals surface area contributed by atoms with Crippen LogP contribution in [-0.2, 0) is 10.0 Å². The average Bonchev–Trinajstić information content (AvgIpc) is 3.22. The van der Waals surface area contributed by atoms with Crippen LogP contribution in [0.1, 0.15) is 5.56 Å². The molecular weight excluding hydrogens is 476 g/mol. The summed E-state index contributed by atoms with van der Waals surface area (Å²) in [5.41, 5.74) is 2.29. The standard InChI is InChI=1S/C22H22N6O4S2/c1-15-13-21-23-24-22(27(21)18-6-4-3-5-17(15)18)33-20-8-7-16(14-19(20)28(29)30)34(31,32)26-11-9-25(2)10-12-26/h3-8,13-14H,9-12H2,1-2H3. The number of nitrogens with zero attached hydrogens (tertiary/aromatic N) is 6. The lowest BCUT2D eigenvalue weighted by Crippen LogP contribution is -2.47. The lowest BCUT2D eigenvalue weighted by atomic mass is 10.1. The molecule has 3 heterocycles. The molecule has 0 aliphatic carbocycles. The predicted molar refractivity (Wildman–Crippen MR) is 129 cm³/mol. The van der Waals surface area contributed by atoms with Gasteiger partial charge in [0, 0.05) is 37.6 Å². The number of likely N-dealkylation sites (N-methyl/N-ethyl adjacent to an activating group) is 1. The third-order valence-electron chi connectivity index (χ3n) is 6.00. The van der Waals surface area contributed by atoms with E-state index in [1.807, 2.05) is 53.6 Å². The highest BCUT2D eigenvalue weighted by Crippen LogP contribution is 2.37. The van der Waals surface area contributed by atoms with Gasteiger partial charge >= 0.3 is 0 Å². The summed E-state index contributed by atoms with van der Waals surface area (Å²) >= 11 is 1.09. The number of nitro benzene ring substituents is 1. The van der Waals surface area contributed by atoms with Gasteiger partial charge in [-0.2, -0.15) is 4.31 Å². The Hall–Kier alpha value is -3.06. The summed E-state index contributed by atoms with van der Waals surface area (Å²) < 4.78 is 29.4. The van der Waals surface area contributed by atoms with Crippen molar-refractivity contribution in [3.05, 3.63) is 64.2 Å². The molecular formula is C22H22N6O4S2. The molecule has 34 heavy (non-hydrogen) atoms. The molecule has 1 aliphatic heterocycles. The van der Waals surface area contributed by atoms with Crippen molar-refractivity contribution in [2.45, 2.75) is 21.9 Å². The van der Waals surface area contributed by atoms with Crippen LogP contribution in [-0.4, -0.2) is 70.4 Å². The number of nitro groups is 1. The number of aromatic nitrogens is 3. The normalized spacial score (nSPS) is 15.8. The van der Waals surface area contributed by atoms with Gasteiger partial charge in [0.05, 0.1) is 20.2 Å². The number of fused-ring (bicyclic) bond motifs is 3. The maximum atomic E-state index is 13.1. The molecule has 176 valence electrons. The van der Waals surface area contributed by atoms with Gasteiger partial charge in [0.1, 0.15) is 0 Å². The Labute approximate surface area is 200 Å². The highest BCUT2D eigenvalue weighted by Gasteiger charge is 2.30. The smallest absolute Gasteiger partial charge is 0.284 e. The van der Waals surface area contributed by atoms with E-state index >= 15 is 0 Å². The number of benzene rings is 2. The first-order valence-corrected chi connectivity index (χ1v) is 12.9. The van der Waals surface area contributed by atoms with E-state index in [1.165, 1.54) is 16.4 Å². The molecule has 2 aromatic carbocycles. The molecule has 0 amide bonds. The van der Waals surface area contributed by atoms with Crippen LogP contribution >= 0.6 is 11.8 Å². The second-order valence-corrected chi connectivity index (χ2v) is 11.2. The Morgan fingerprint density at radius 2 is 1.76 bits per heavy atom. The summed E-state index contributed by atoms with van der Waals surface area (Å²) in [4.78, 5) is 13.6. The Balaban J connectivity index is 1.55. The maximum Gasteiger partial charge on any atom is 0.284 e. The predicted octanol–water partition coefficient (Wildman–Crippen LogP) is 3.19. The molecule has 0 spiro atoms. The zero-order chi connectivity index (χ0) is 24.0. The first-order valence-electron chi connectivity index (χ1n) is 10.6. The first-order chi connectivity index (χ1) is 16.3. The van der Waals surface area contributed by atoms with Crippen LogP contribution in [0, 0.1) is 17.0 Å². The average molecular weight is 499 g/mol. The Morgan fingerprint density at radius 3 is 2.50 bits per heavy atom. The van der Waals surface area contributed by atoms with Crippen LogP contribution in [0.2, 0.25) is 0 Å². The first kappa shape index (κ1) is 22.7. The number of hydrogen-bond acceptors (Lipinski definition) is 8. The Kier molecular flexibility index (Phi) is 5.76. The summed E-state index contributed by atoms with van der Waals surface area (Å²) in [6.07, 6.45) is 0. The zero-order valence-electron chi connectivity index (χ0n) is 18.6. The number of aryl methyl sites for hydroxylation is 1. The summed E-state index contributed by atoms with van der Waals surface area (Å²) in [6, 6.07) is 13.8. The fourth-order valence-electron chi connectivity index (χ4n) is 4.10. The molecule has 12 heteroatoms. The molecule has 0 unspecified atom stereocenters. The van der Waals surface area contributed by atoms with E-state index in [9.17, 15) is 18.5 Å². The number of para-hydroxylation sites is 1. The minimum Gasteiger partial charge on any atom is -0.304 e. The molecule has 5 rings (SSSR count). The number of sulfonamides is 1. The van der Waals surface area contributed by atoms with Crippen molar-refractivity contribution in [2.75, 3.05) is 33.2 Å². The molecule has 2 aromatic heterocycles. The van der Waals surface area contributed by atoms with E-state index in [1.54, 1.807) is 0 Å². The quantitative estimate of drug-likeness (QED) is 0.304. The number of hydrogen-bond donors (Lipinski definition) is 0. The van der Waals surface area contributed by atoms with Gasteiger partial charge in [-0.05, 0) is 55.6 Å². The van der Waals surface area contributed by atoms with Crippen molar-refractivity contribution in [3.63, 3.8) is 0 Å². The van der Waals surface area contributed by atoms with E-state index in [0.717, 1.165) is 34.3 Å². The summed E-state index contributed by atoms with van der Waals surface area (Å²) in [5.74, 6) is 0. The Bertz CT molecular complexity index is 1530. The van der Waals surface area contributed by atoms with Crippen molar-refractivity contribution >= 4 is 44.0 Å². The molecule has 1 fully saturated rings. The summed E-state index contributed by atoms with van der Waals surface area (Å²) in [5, 5.41) is 21.9. The van der Waals surface area contributed by atoms with Crippen molar-refractivity contribution in [3.8, 4) is 0 Å². The van der Waals surface area contributed by atoms with Gasteiger partial charge in [0.15, 0.2) is 5.65 Å². The van der Waals surface area contributed by atoms with Gasteiger partial charge in [0.2, 0.25) is 15.2 Å². The topological polar surface area (TPSA) is 114 Å². The third kappa shape index (κ3) is 3.92. The van der Waals surface area contributed by atoms with Gasteiger partial charge in [0.25, 0.3) is 5.69 Å². The SMILES string of the molecule is Cc1cc2nnc(Sc3ccc(S(=O)(=O)N4CCN(C)CC4)cc3[N+](=O)[O-])n2c2ccccc12. The minimum absolute atomic E-state index is 0.0831. The van der Waals surface area contributed by atoms with E-state index in [-0.39, 0.29) is 10.6 Å². The Morgan fingerprint density at radius 1 is 1.03 bits per heavy atom. The largest absolute Gasteiger partial charge is 0.304 e. The second-order valence-electron chi connectivity index (χ2n) is 8.22. The minimum atomic E-state index is -3.83. The van der Waals surface area contributed by atoms with Gasteiger partial charge in [-0.1, -0.05) is 18.2 Å². The van der Waals surface area contributed by atoms with E-state index < -0.39 is 14.9 Å². The fourth-order valence-corrected chi connectivity index (χ4v) is 6.48. The fraction of sp³-hybridized carbons (Fsp3) is 0.273. The van der Waals surface area contributed by atoms with Crippen molar-refractivity contribution in [2.24, 2.45) is 0 Å². The molecule has 10 nitrogen and oxygen atoms in total. The number of pyridine rings is 1. The van der Waals surface area contributed by atoms with Crippen LogP contribution in [0.5, 0.6) is 0 Å². The molecule has 1 aliphatic rings. The molecule has 0 N–H and O–H groups in total. The summed E-state index contributed by atoms with van der Waals surface area (Å²) in [6.45, 7) is 3.92. The van der Waals surface area contributed by atoms with Gasteiger partial charge < -0.3 is 4.90 Å². The van der Waals surface area contributed by atoms with Gasteiger partial charge in [-0.25, -0.2) is 8.42 Å². The van der Waals surface area contributed by atoms with Crippen LogP contribution < -0.4 is 0 Å². The second kappa shape index (κ2) is 8.62. The van der Waals surface area contributed by atoms with Crippen molar-refractivity contribution in [1.29, 1.82) is 0 Å². The van der Waals surface area contributed by atoms with E-state index in [2.05, 4.69) is 10.2 Å². The third-order valence-corrected chi connectivity index (χ3v) is 8.91. The van der Waals surface area contributed by atoms with Crippen LogP contribution in [0.4, 0.5) is 5.69 Å². The van der Waals surface area contributed by atoms with Gasteiger partial charge in [-0.3, -0.25) is 14.5 Å².